The fourth-order valence-electron chi connectivity index (χ4n) is 0.961. The molecule has 0 saturated heterocycles. The minimum absolute atomic E-state index is 0.149. The fourth-order valence-corrected chi connectivity index (χ4v) is 5.12. The van der Waals surface area contributed by atoms with Gasteiger partial charge in [-0.25, -0.2) is 0 Å². The second-order valence-corrected chi connectivity index (χ2v) is 7.81. The molecule has 0 nitrogen and oxygen atoms in total. The summed E-state index contributed by atoms with van der Waals surface area (Å²) >= 11 is 0.149. The Kier molecular flexibility index (Phi) is 23.3. The molecule has 2 radical (unpaired) electrons. The van der Waals surface area contributed by atoms with Crippen molar-refractivity contribution in [3.8, 4) is 0 Å². The zero-order chi connectivity index (χ0) is 11.8. The molecule has 88 valence electrons. The van der Waals surface area contributed by atoms with E-state index in [2.05, 4.69) is 33.4 Å². The molecule has 15 heavy (non-hydrogen) atoms. The molecular weight excluding hydrogens is 287 g/mol. The summed E-state index contributed by atoms with van der Waals surface area (Å²) in [6.07, 6.45) is 12.7. The number of rotatable bonds is 8. The topological polar surface area (TPSA) is 0 Å². The molecule has 0 fully saturated rings. The molecule has 0 spiro atoms. The first kappa shape index (κ1) is 17.7. The van der Waals surface area contributed by atoms with Gasteiger partial charge in [-0.1, -0.05) is 31.7 Å². The van der Waals surface area contributed by atoms with Gasteiger partial charge in [-0.15, -0.1) is 0 Å². The number of allylic oxidation sites excluding steroid dienone is 3. The molecule has 0 rings (SSSR count). The summed E-state index contributed by atoms with van der Waals surface area (Å²) in [5.41, 5.74) is 0. The van der Waals surface area contributed by atoms with Crippen molar-refractivity contribution in [2.24, 2.45) is 0 Å². The van der Waals surface area contributed by atoms with Crippen molar-refractivity contribution in [1.82, 2.24) is 0 Å². The molecule has 0 aliphatic heterocycles. The Morgan fingerprint density at radius 3 is 1.80 bits per heavy atom. The van der Waals surface area contributed by atoms with Gasteiger partial charge in [0.25, 0.3) is 0 Å². The number of hydrogen-bond acceptors (Lipinski definition) is 0. The Morgan fingerprint density at radius 1 is 1.00 bits per heavy atom. The quantitative estimate of drug-likeness (QED) is 0.325. The van der Waals surface area contributed by atoms with Crippen molar-refractivity contribution in [2.75, 3.05) is 0 Å². The maximum absolute atomic E-state index is 3.51. The maximum atomic E-state index is 3.51. The summed E-state index contributed by atoms with van der Waals surface area (Å²) in [7, 11) is 0. The summed E-state index contributed by atoms with van der Waals surface area (Å²) < 4.78 is 3.25. The molecule has 0 aromatic rings. The first-order chi connectivity index (χ1) is 7.33. The van der Waals surface area contributed by atoms with Crippen molar-refractivity contribution >= 4 is 21.1 Å². The zero-order valence-electron chi connectivity index (χ0n) is 10.9. The molecule has 0 heterocycles. The van der Waals surface area contributed by atoms with Crippen LogP contribution in [0.1, 0.15) is 52.9 Å². The predicted molar refractivity (Wildman–Crippen MR) is 74.8 cm³/mol. The van der Waals surface area contributed by atoms with E-state index < -0.39 is 0 Å². The van der Waals surface area contributed by atoms with Crippen LogP contribution in [0.25, 0.3) is 0 Å². The van der Waals surface area contributed by atoms with Crippen LogP contribution < -0.4 is 0 Å². The van der Waals surface area contributed by atoms with Gasteiger partial charge in [0.05, 0.1) is 0 Å². The van der Waals surface area contributed by atoms with E-state index in [4.69, 9.17) is 0 Å². The second-order valence-electron chi connectivity index (χ2n) is 3.53. The van der Waals surface area contributed by atoms with Crippen molar-refractivity contribution < 1.29 is 0 Å². The summed E-state index contributed by atoms with van der Waals surface area (Å²) in [4.78, 5) is 0. The molecule has 0 amide bonds. The molecule has 0 saturated carbocycles. The molecule has 0 aromatic carbocycles. The summed E-state index contributed by atoms with van der Waals surface area (Å²) in [5.74, 6) is 0. The minimum atomic E-state index is 0.149. The van der Waals surface area contributed by atoms with E-state index in [1.807, 2.05) is 6.08 Å². The molecule has 0 unspecified atom stereocenters. The molecule has 0 aliphatic rings. The van der Waals surface area contributed by atoms with Crippen LogP contribution in [0.15, 0.2) is 24.8 Å². The van der Waals surface area contributed by atoms with Crippen LogP contribution in [-0.2, 0) is 0 Å². The Hall–Kier alpha value is 0.279. The van der Waals surface area contributed by atoms with E-state index in [0.29, 0.717) is 0 Å². The van der Waals surface area contributed by atoms with Crippen LogP contribution in [0.2, 0.25) is 8.87 Å². The van der Waals surface area contributed by atoms with E-state index in [9.17, 15) is 0 Å². The number of hydrogen-bond donors (Lipinski definition) is 0. The standard InChI is InChI=1S/C6H10.2C4H9.Sn/c1-3-5-6-4-2;2*1-3-4-2;/h3,5-6H,1,4H2,2H3;2*1,3-4H2,2H3;. The van der Waals surface area contributed by atoms with Gasteiger partial charge in [-0.2, -0.15) is 0 Å². The van der Waals surface area contributed by atoms with E-state index in [0.717, 1.165) is 6.42 Å². The van der Waals surface area contributed by atoms with Gasteiger partial charge in [0, 0.05) is 0 Å². The SMILES string of the molecule is C=CC=CCC.CCC[CH2][Sn][CH2]CCC. The van der Waals surface area contributed by atoms with Crippen LogP contribution in [0.3, 0.4) is 0 Å². The van der Waals surface area contributed by atoms with Gasteiger partial charge in [-0.05, 0) is 6.42 Å². The van der Waals surface area contributed by atoms with Gasteiger partial charge >= 0.3 is 69.5 Å². The van der Waals surface area contributed by atoms with Crippen LogP contribution in [0, 0.1) is 0 Å². The normalized spacial score (nSPS) is 9.80. The van der Waals surface area contributed by atoms with E-state index in [1.54, 1.807) is 14.9 Å². The average Bonchev–Trinajstić information content (AvgIpc) is 2.27. The molecule has 0 N–H and O–H groups in total. The Bertz CT molecular complexity index is 121. The molecule has 0 bridgehead atoms. The third kappa shape index (κ3) is 25.0. The monoisotopic (exact) mass is 316 g/mol. The van der Waals surface area contributed by atoms with Crippen molar-refractivity contribution in [3.63, 3.8) is 0 Å². The second kappa shape index (κ2) is 19.8. The van der Waals surface area contributed by atoms with Gasteiger partial charge in [0.1, 0.15) is 0 Å². The van der Waals surface area contributed by atoms with Crippen molar-refractivity contribution in [2.45, 2.75) is 61.7 Å². The van der Waals surface area contributed by atoms with E-state index in [-0.39, 0.29) is 21.1 Å². The van der Waals surface area contributed by atoms with E-state index in [1.165, 1.54) is 25.7 Å². The average molecular weight is 315 g/mol. The zero-order valence-corrected chi connectivity index (χ0v) is 13.7. The first-order valence-electron chi connectivity index (χ1n) is 6.31. The van der Waals surface area contributed by atoms with Crippen molar-refractivity contribution in [1.29, 1.82) is 0 Å². The summed E-state index contributed by atoms with van der Waals surface area (Å²) in [6.45, 7) is 10.2. The molecule has 0 atom stereocenters. The Morgan fingerprint density at radius 2 is 1.53 bits per heavy atom. The Balaban J connectivity index is 0. The molecular formula is C14H28Sn. The van der Waals surface area contributed by atoms with Gasteiger partial charge in [-0.3, -0.25) is 0 Å². The van der Waals surface area contributed by atoms with Crippen LogP contribution >= 0.6 is 0 Å². The molecule has 1 heteroatoms. The van der Waals surface area contributed by atoms with Crippen LogP contribution in [0.5, 0.6) is 0 Å². The summed E-state index contributed by atoms with van der Waals surface area (Å²) in [6, 6.07) is 0. The number of unbranched alkanes of at least 4 members (excludes halogenated alkanes) is 2. The third-order valence-corrected chi connectivity index (χ3v) is 5.96. The van der Waals surface area contributed by atoms with E-state index >= 15 is 0 Å². The molecule has 0 aromatic heterocycles. The van der Waals surface area contributed by atoms with Crippen LogP contribution in [-0.4, -0.2) is 21.1 Å². The Labute approximate surface area is 107 Å². The fraction of sp³-hybridized carbons (Fsp3) is 0.714. The van der Waals surface area contributed by atoms with Gasteiger partial charge in [0.2, 0.25) is 0 Å². The molecule has 0 aliphatic carbocycles. The first-order valence-corrected chi connectivity index (χ1v) is 10.3. The van der Waals surface area contributed by atoms with Gasteiger partial charge in [0.15, 0.2) is 0 Å². The van der Waals surface area contributed by atoms with Crippen LogP contribution in [0.4, 0.5) is 0 Å². The van der Waals surface area contributed by atoms with Crippen molar-refractivity contribution in [3.05, 3.63) is 24.8 Å². The summed E-state index contributed by atoms with van der Waals surface area (Å²) in [5, 5.41) is 0. The predicted octanol–water partition coefficient (Wildman–Crippen LogP) is 5.27. The third-order valence-electron chi connectivity index (χ3n) is 1.92. The van der Waals surface area contributed by atoms with Gasteiger partial charge < -0.3 is 0 Å².